The lowest BCUT2D eigenvalue weighted by Gasteiger charge is -2.25. The summed E-state index contributed by atoms with van der Waals surface area (Å²) in [6.45, 7) is 7.21. The average Bonchev–Trinajstić information content (AvgIpc) is 2.45. The first-order valence-electron chi connectivity index (χ1n) is 7.07. The number of likely N-dealkylation sites (N-methyl/N-ethyl adjacent to an activating group) is 2. The molecular formula is C15H24BrN3O. The topological polar surface area (TPSA) is 44.4 Å². The molecule has 1 rings (SSSR count). The molecule has 0 fully saturated rings. The zero-order chi connectivity index (χ0) is 15.0. The van der Waals surface area contributed by atoms with Crippen molar-refractivity contribution in [3.8, 4) is 0 Å². The van der Waals surface area contributed by atoms with Gasteiger partial charge in [0.05, 0.1) is 6.54 Å². The van der Waals surface area contributed by atoms with Crippen LogP contribution in [-0.4, -0.2) is 32.6 Å². The molecule has 0 aliphatic heterocycles. The van der Waals surface area contributed by atoms with Crippen LogP contribution in [0.5, 0.6) is 0 Å². The number of carbonyl (C=O) groups is 1. The van der Waals surface area contributed by atoms with Crippen molar-refractivity contribution >= 4 is 27.5 Å². The second kappa shape index (κ2) is 8.97. The minimum Gasteiger partial charge on any atom is -0.362 e. The van der Waals surface area contributed by atoms with Crippen LogP contribution in [0.3, 0.4) is 0 Å². The van der Waals surface area contributed by atoms with Crippen LogP contribution >= 0.6 is 15.9 Å². The van der Waals surface area contributed by atoms with E-state index in [1.807, 2.05) is 6.07 Å². The summed E-state index contributed by atoms with van der Waals surface area (Å²) in [4.78, 5) is 13.7. The minimum absolute atomic E-state index is 0.0298. The number of carbonyl (C=O) groups excluding carboxylic acids is 1. The van der Waals surface area contributed by atoms with Gasteiger partial charge in [-0.15, -0.1) is 0 Å². The molecule has 0 saturated carbocycles. The highest BCUT2D eigenvalue weighted by molar-refractivity contribution is 9.10. The molecule has 0 radical (unpaired) electrons. The van der Waals surface area contributed by atoms with Crippen LogP contribution < -0.4 is 15.5 Å². The summed E-state index contributed by atoms with van der Waals surface area (Å²) < 4.78 is 1.06. The normalized spacial score (nSPS) is 10.4. The van der Waals surface area contributed by atoms with Gasteiger partial charge in [0.15, 0.2) is 0 Å². The monoisotopic (exact) mass is 341 g/mol. The van der Waals surface area contributed by atoms with Crippen molar-refractivity contribution in [1.82, 2.24) is 10.6 Å². The second-order valence-corrected chi connectivity index (χ2v) is 5.55. The molecule has 4 nitrogen and oxygen atoms in total. The maximum atomic E-state index is 11.6. The summed E-state index contributed by atoms with van der Waals surface area (Å²) in [5.41, 5.74) is 2.32. The Morgan fingerprint density at radius 1 is 1.35 bits per heavy atom. The van der Waals surface area contributed by atoms with E-state index in [1.54, 1.807) is 7.05 Å². The van der Waals surface area contributed by atoms with Gasteiger partial charge in [-0.3, -0.25) is 4.79 Å². The first-order chi connectivity index (χ1) is 9.62. The van der Waals surface area contributed by atoms with Gasteiger partial charge in [-0.05, 0) is 43.7 Å². The van der Waals surface area contributed by atoms with Crippen molar-refractivity contribution in [2.75, 3.05) is 31.6 Å². The summed E-state index contributed by atoms with van der Waals surface area (Å²) in [6, 6.07) is 6.20. The van der Waals surface area contributed by atoms with Crippen molar-refractivity contribution in [2.24, 2.45) is 0 Å². The third-order valence-corrected chi connectivity index (χ3v) is 3.61. The maximum absolute atomic E-state index is 11.6. The van der Waals surface area contributed by atoms with E-state index in [-0.39, 0.29) is 5.91 Å². The Balaban J connectivity index is 2.91. The molecule has 5 heteroatoms. The highest BCUT2D eigenvalue weighted by Gasteiger charge is 2.13. The highest BCUT2D eigenvalue weighted by Crippen LogP contribution is 2.24. The van der Waals surface area contributed by atoms with Crippen molar-refractivity contribution in [3.63, 3.8) is 0 Å². The van der Waals surface area contributed by atoms with Crippen molar-refractivity contribution in [1.29, 1.82) is 0 Å². The average molecular weight is 342 g/mol. The van der Waals surface area contributed by atoms with E-state index < -0.39 is 0 Å². The number of rotatable bonds is 8. The second-order valence-electron chi connectivity index (χ2n) is 4.64. The molecule has 0 aliphatic rings. The smallest absolute Gasteiger partial charge is 0.239 e. The first kappa shape index (κ1) is 17.0. The fourth-order valence-electron chi connectivity index (χ4n) is 2.02. The highest BCUT2D eigenvalue weighted by atomic mass is 79.9. The van der Waals surface area contributed by atoms with Gasteiger partial charge in [0.1, 0.15) is 0 Å². The molecule has 112 valence electrons. The molecule has 0 bridgehead atoms. The predicted molar refractivity (Wildman–Crippen MR) is 88.1 cm³/mol. The Bertz CT molecular complexity index is 437. The molecule has 0 heterocycles. The molecule has 0 spiro atoms. The summed E-state index contributed by atoms with van der Waals surface area (Å²) in [7, 11) is 1.67. The Hall–Kier alpha value is -1.07. The summed E-state index contributed by atoms with van der Waals surface area (Å²) in [5, 5.41) is 6.09. The fourth-order valence-corrected chi connectivity index (χ4v) is 2.43. The Morgan fingerprint density at radius 2 is 2.10 bits per heavy atom. The molecule has 1 aromatic rings. The van der Waals surface area contributed by atoms with Crippen LogP contribution in [0, 0.1) is 0 Å². The number of anilines is 1. The molecular weight excluding hydrogens is 318 g/mol. The maximum Gasteiger partial charge on any atom is 0.239 e. The van der Waals surface area contributed by atoms with E-state index in [0.717, 1.165) is 36.2 Å². The van der Waals surface area contributed by atoms with E-state index in [2.05, 4.69) is 57.4 Å². The van der Waals surface area contributed by atoms with E-state index in [4.69, 9.17) is 0 Å². The van der Waals surface area contributed by atoms with Crippen molar-refractivity contribution < 1.29 is 4.79 Å². The van der Waals surface area contributed by atoms with Gasteiger partial charge < -0.3 is 15.5 Å². The van der Waals surface area contributed by atoms with Crippen LogP contribution in [0.15, 0.2) is 22.7 Å². The van der Waals surface area contributed by atoms with E-state index in [9.17, 15) is 4.79 Å². The zero-order valence-corrected chi connectivity index (χ0v) is 14.1. The number of hydrogen-bond acceptors (Lipinski definition) is 3. The molecule has 0 atom stereocenters. The summed E-state index contributed by atoms with van der Waals surface area (Å²) in [5.74, 6) is 0.0298. The Morgan fingerprint density at radius 3 is 2.70 bits per heavy atom. The van der Waals surface area contributed by atoms with Gasteiger partial charge in [0.25, 0.3) is 0 Å². The van der Waals surface area contributed by atoms with E-state index in [1.165, 1.54) is 5.56 Å². The van der Waals surface area contributed by atoms with Crippen LogP contribution in [-0.2, 0) is 11.3 Å². The van der Waals surface area contributed by atoms with Crippen LogP contribution in [0.2, 0.25) is 0 Å². The SMILES string of the molecule is CCCNCc1cc(Br)ccc1N(CC)CC(=O)NC. The number of amides is 1. The molecule has 0 aliphatic carbocycles. The van der Waals surface area contributed by atoms with Gasteiger partial charge in [-0.25, -0.2) is 0 Å². The van der Waals surface area contributed by atoms with Crippen LogP contribution in [0.25, 0.3) is 0 Å². The molecule has 1 aromatic carbocycles. The first-order valence-corrected chi connectivity index (χ1v) is 7.86. The Labute approximate surface area is 130 Å². The van der Waals surface area contributed by atoms with E-state index in [0.29, 0.717) is 6.54 Å². The third kappa shape index (κ3) is 5.13. The zero-order valence-electron chi connectivity index (χ0n) is 12.5. The number of nitrogens with zero attached hydrogens (tertiary/aromatic N) is 1. The van der Waals surface area contributed by atoms with Crippen LogP contribution in [0.4, 0.5) is 5.69 Å². The Kier molecular flexibility index (Phi) is 7.62. The summed E-state index contributed by atoms with van der Waals surface area (Å²) >= 11 is 3.52. The molecule has 1 amide bonds. The van der Waals surface area contributed by atoms with Crippen LogP contribution in [0.1, 0.15) is 25.8 Å². The standard InChI is InChI=1S/C15H24BrN3O/c1-4-8-18-10-12-9-13(16)6-7-14(12)19(5-2)11-15(20)17-3/h6-7,9,18H,4-5,8,10-11H2,1-3H3,(H,17,20). The largest absolute Gasteiger partial charge is 0.362 e. The third-order valence-electron chi connectivity index (χ3n) is 3.12. The van der Waals surface area contributed by atoms with Gasteiger partial charge >= 0.3 is 0 Å². The number of benzene rings is 1. The minimum atomic E-state index is 0.0298. The van der Waals surface area contributed by atoms with Gasteiger partial charge in [-0.1, -0.05) is 22.9 Å². The molecule has 0 aromatic heterocycles. The lowest BCUT2D eigenvalue weighted by molar-refractivity contribution is -0.119. The van der Waals surface area contributed by atoms with Gasteiger partial charge in [0.2, 0.25) is 5.91 Å². The molecule has 0 unspecified atom stereocenters. The molecule has 20 heavy (non-hydrogen) atoms. The summed E-state index contributed by atoms with van der Waals surface area (Å²) in [6.07, 6.45) is 1.11. The van der Waals surface area contributed by atoms with Gasteiger partial charge in [0, 0.05) is 30.3 Å². The number of hydrogen-bond donors (Lipinski definition) is 2. The van der Waals surface area contributed by atoms with Crippen molar-refractivity contribution in [3.05, 3.63) is 28.2 Å². The van der Waals surface area contributed by atoms with Gasteiger partial charge in [-0.2, -0.15) is 0 Å². The van der Waals surface area contributed by atoms with Crippen molar-refractivity contribution in [2.45, 2.75) is 26.8 Å². The molecule has 2 N–H and O–H groups in total. The lowest BCUT2D eigenvalue weighted by atomic mass is 10.1. The predicted octanol–water partition coefficient (Wildman–Crippen LogP) is 2.52. The molecule has 0 saturated heterocycles. The quantitative estimate of drug-likeness (QED) is 0.714. The lowest BCUT2D eigenvalue weighted by Crippen LogP contribution is -2.36. The fraction of sp³-hybridized carbons (Fsp3) is 0.533. The van der Waals surface area contributed by atoms with E-state index >= 15 is 0 Å². The number of nitrogens with one attached hydrogen (secondary N) is 2. The number of halogens is 1.